The molecule has 0 unspecified atom stereocenters. The Hall–Kier alpha value is -1.75. The molecule has 0 N–H and O–H groups in total. The Balaban J connectivity index is 2.14. The summed E-state index contributed by atoms with van der Waals surface area (Å²) in [6.45, 7) is 5.86. The lowest BCUT2D eigenvalue weighted by Gasteiger charge is -2.19. The van der Waals surface area contributed by atoms with Gasteiger partial charge in [-0.15, -0.1) is 11.3 Å². The van der Waals surface area contributed by atoms with Gasteiger partial charge in [-0.25, -0.2) is 4.98 Å². The zero-order valence-corrected chi connectivity index (χ0v) is 12.7. The van der Waals surface area contributed by atoms with E-state index in [4.69, 9.17) is 4.74 Å². The van der Waals surface area contributed by atoms with E-state index >= 15 is 0 Å². The number of rotatable bonds is 5. The summed E-state index contributed by atoms with van der Waals surface area (Å²) in [5.74, 6) is -0.241. The Morgan fingerprint density at radius 1 is 1.40 bits per heavy atom. The normalized spacial score (nSPS) is 11.3. The second-order valence-corrected chi connectivity index (χ2v) is 5.91. The third-order valence-corrected chi connectivity index (χ3v) is 3.89. The summed E-state index contributed by atoms with van der Waals surface area (Å²) >= 11 is 1.55. The van der Waals surface area contributed by atoms with Crippen molar-refractivity contribution in [3.05, 3.63) is 46.2 Å². The molecule has 0 radical (unpaired) electrons. The number of hydrogen-bond donors (Lipinski definition) is 0. The van der Waals surface area contributed by atoms with Crippen molar-refractivity contribution in [2.75, 3.05) is 6.61 Å². The molecule has 0 atom stereocenters. The van der Waals surface area contributed by atoms with Crippen LogP contribution < -0.4 is 0 Å². The Bertz CT molecular complexity index is 579. The predicted octanol–water partition coefficient (Wildman–Crippen LogP) is 2.97. The van der Waals surface area contributed by atoms with Crippen molar-refractivity contribution < 1.29 is 9.53 Å². The summed E-state index contributed by atoms with van der Waals surface area (Å²) in [4.78, 5) is 20.8. The molecule has 5 heteroatoms. The molecule has 2 heterocycles. The minimum Gasteiger partial charge on any atom is -0.465 e. The van der Waals surface area contributed by atoms with Crippen molar-refractivity contribution >= 4 is 17.3 Å². The highest BCUT2D eigenvalue weighted by molar-refractivity contribution is 7.09. The maximum Gasteiger partial charge on any atom is 0.317 e. The minimum absolute atomic E-state index is 0.241. The number of nitrogens with zero attached hydrogens (tertiary/aromatic N) is 2. The molecule has 106 valence electrons. The predicted molar refractivity (Wildman–Crippen MR) is 78.8 cm³/mol. The van der Waals surface area contributed by atoms with Crippen LogP contribution in [0.25, 0.3) is 0 Å². The van der Waals surface area contributed by atoms with Crippen LogP contribution in [0.15, 0.2) is 29.8 Å². The van der Waals surface area contributed by atoms with E-state index in [0.717, 1.165) is 16.4 Å². The van der Waals surface area contributed by atoms with Gasteiger partial charge in [-0.05, 0) is 32.9 Å². The van der Waals surface area contributed by atoms with Gasteiger partial charge in [-0.3, -0.25) is 9.78 Å². The van der Waals surface area contributed by atoms with E-state index in [9.17, 15) is 4.79 Å². The quantitative estimate of drug-likeness (QED) is 0.794. The smallest absolute Gasteiger partial charge is 0.317 e. The first kappa shape index (κ1) is 14.7. The standard InChI is InChI=1S/C15H18N2O2S/c1-4-19-14(18)15(2,3)12-10-20-13(17-12)9-11-7-5-6-8-16-11/h5-8,10H,4,9H2,1-3H3. The van der Waals surface area contributed by atoms with Crippen LogP contribution in [0.4, 0.5) is 0 Å². The van der Waals surface area contributed by atoms with Crippen molar-refractivity contribution in [2.45, 2.75) is 32.6 Å². The van der Waals surface area contributed by atoms with E-state index in [-0.39, 0.29) is 5.97 Å². The molecule has 2 aromatic rings. The summed E-state index contributed by atoms with van der Waals surface area (Å²) < 4.78 is 5.10. The van der Waals surface area contributed by atoms with Crippen LogP contribution in [0.5, 0.6) is 0 Å². The molecule has 0 aromatic carbocycles. The number of esters is 1. The zero-order chi connectivity index (χ0) is 14.6. The van der Waals surface area contributed by atoms with E-state index < -0.39 is 5.41 Å². The lowest BCUT2D eigenvalue weighted by Crippen LogP contribution is -2.31. The van der Waals surface area contributed by atoms with Gasteiger partial charge in [0.25, 0.3) is 0 Å². The first-order valence-corrected chi connectivity index (χ1v) is 7.44. The molecule has 0 amide bonds. The van der Waals surface area contributed by atoms with Gasteiger partial charge in [0.15, 0.2) is 0 Å². The first-order chi connectivity index (χ1) is 9.54. The molecule has 2 rings (SSSR count). The molecule has 0 aliphatic heterocycles. The Morgan fingerprint density at radius 3 is 2.85 bits per heavy atom. The Labute approximate surface area is 122 Å². The molecule has 2 aromatic heterocycles. The molecule has 0 aliphatic rings. The Morgan fingerprint density at radius 2 is 2.20 bits per heavy atom. The van der Waals surface area contributed by atoms with Gasteiger partial charge in [-0.2, -0.15) is 0 Å². The molecule has 0 saturated carbocycles. The van der Waals surface area contributed by atoms with Gasteiger partial charge in [0.1, 0.15) is 5.41 Å². The maximum absolute atomic E-state index is 12.0. The van der Waals surface area contributed by atoms with Gasteiger partial charge in [0, 0.05) is 23.7 Å². The van der Waals surface area contributed by atoms with Gasteiger partial charge < -0.3 is 4.74 Å². The number of pyridine rings is 1. The number of thiazole rings is 1. The molecule has 4 nitrogen and oxygen atoms in total. The highest BCUT2D eigenvalue weighted by Gasteiger charge is 2.33. The van der Waals surface area contributed by atoms with E-state index in [1.807, 2.05) is 44.4 Å². The summed E-state index contributed by atoms with van der Waals surface area (Å²) in [6.07, 6.45) is 2.46. The van der Waals surface area contributed by atoms with Crippen LogP contribution in [-0.4, -0.2) is 22.5 Å². The molecular formula is C15H18N2O2S. The van der Waals surface area contributed by atoms with Gasteiger partial charge >= 0.3 is 5.97 Å². The van der Waals surface area contributed by atoms with Gasteiger partial charge in [0.05, 0.1) is 17.3 Å². The third kappa shape index (κ3) is 3.22. The highest BCUT2D eigenvalue weighted by Crippen LogP contribution is 2.27. The van der Waals surface area contributed by atoms with Crippen molar-refractivity contribution in [3.63, 3.8) is 0 Å². The summed E-state index contributed by atoms with van der Waals surface area (Å²) in [5, 5.41) is 2.88. The average molecular weight is 290 g/mol. The molecular weight excluding hydrogens is 272 g/mol. The Kier molecular flexibility index (Phi) is 4.49. The fraction of sp³-hybridized carbons (Fsp3) is 0.400. The van der Waals surface area contributed by atoms with Gasteiger partial charge in [-0.1, -0.05) is 6.07 Å². The summed E-state index contributed by atoms with van der Waals surface area (Å²) in [5.41, 5.74) is 1.02. The lowest BCUT2D eigenvalue weighted by molar-refractivity contribution is -0.148. The fourth-order valence-electron chi connectivity index (χ4n) is 1.75. The topological polar surface area (TPSA) is 52.1 Å². The monoisotopic (exact) mass is 290 g/mol. The van der Waals surface area contributed by atoms with Crippen LogP contribution in [0.3, 0.4) is 0 Å². The molecule has 0 spiro atoms. The molecule has 20 heavy (non-hydrogen) atoms. The largest absolute Gasteiger partial charge is 0.465 e. The van der Waals surface area contributed by atoms with E-state index in [0.29, 0.717) is 13.0 Å². The second kappa shape index (κ2) is 6.13. The fourth-order valence-corrected chi connectivity index (χ4v) is 2.73. The summed E-state index contributed by atoms with van der Waals surface area (Å²) in [7, 11) is 0. The number of aromatic nitrogens is 2. The minimum atomic E-state index is -0.713. The SMILES string of the molecule is CCOC(=O)C(C)(C)c1csc(Cc2ccccn2)n1. The summed E-state index contributed by atoms with van der Waals surface area (Å²) in [6, 6.07) is 5.82. The van der Waals surface area contributed by atoms with E-state index in [2.05, 4.69) is 9.97 Å². The number of carbonyl (C=O) groups excluding carboxylic acids is 1. The number of carbonyl (C=O) groups is 1. The molecule has 0 bridgehead atoms. The van der Waals surface area contributed by atoms with E-state index in [1.165, 1.54) is 0 Å². The van der Waals surface area contributed by atoms with Crippen molar-refractivity contribution in [2.24, 2.45) is 0 Å². The van der Waals surface area contributed by atoms with Crippen molar-refractivity contribution in [1.82, 2.24) is 9.97 Å². The zero-order valence-electron chi connectivity index (χ0n) is 11.9. The lowest BCUT2D eigenvalue weighted by atomic mass is 9.90. The second-order valence-electron chi connectivity index (χ2n) is 4.97. The van der Waals surface area contributed by atoms with Crippen LogP contribution >= 0.6 is 11.3 Å². The number of hydrogen-bond acceptors (Lipinski definition) is 5. The highest BCUT2D eigenvalue weighted by atomic mass is 32.1. The average Bonchev–Trinajstić information content (AvgIpc) is 2.89. The van der Waals surface area contributed by atoms with Gasteiger partial charge in [0.2, 0.25) is 0 Å². The number of ether oxygens (including phenoxy) is 1. The van der Waals surface area contributed by atoms with Crippen molar-refractivity contribution in [1.29, 1.82) is 0 Å². The van der Waals surface area contributed by atoms with Crippen LogP contribution in [0.1, 0.15) is 37.2 Å². The maximum atomic E-state index is 12.0. The van der Waals surface area contributed by atoms with Crippen LogP contribution in [0.2, 0.25) is 0 Å². The first-order valence-electron chi connectivity index (χ1n) is 6.56. The van der Waals surface area contributed by atoms with Crippen LogP contribution in [-0.2, 0) is 21.4 Å². The van der Waals surface area contributed by atoms with Crippen LogP contribution in [0, 0.1) is 0 Å². The third-order valence-electron chi connectivity index (χ3n) is 3.04. The molecule has 0 aliphatic carbocycles. The van der Waals surface area contributed by atoms with Crippen molar-refractivity contribution in [3.8, 4) is 0 Å². The van der Waals surface area contributed by atoms with E-state index in [1.54, 1.807) is 17.5 Å². The molecule has 0 fully saturated rings. The molecule has 0 saturated heterocycles.